The van der Waals surface area contributed by atoms with Crippen LogP contribution in [0.1, 0.15) is 40.5 Å². The molecule has 1 heterocycles. The molecule has 0 unspecified atom stereocenters. The molecule has 4 heteroatoms. The van der Waals surface area contributed by atoms with E-state index in [1.807, 2.05) is 6.92 Å². The van der Waals surface area contributed by atoms with Crippen molar-refractivity contribution in [2.45, 2.75) is 58.2 Å². The average Bonchev–Trinajstić information content (AvgIpc) is 2.54. The summed E-state index contributed by atoms with van der Waals surface area (Å²) in [4.78, 5) is 0. The molecule has 90 valence electrons. The quantitative estimate of drug-likeness (QED) is 0.686. The van der Waals surface area contributed by atoms with Gasteiger partial charge < -0.3 is 15.0 Å². The maximum atomic E-state index is 6.15. The zero-order valence-corrected chi connectivity index (χ0v) is 10.7. The van der Waals surface area contributed by atoms with Gasteiger partial charge in [-0.25, -0.2) is 0 Å². The van der Waals surface area contributed by atoms with Crippen molar-refractivity contribution in [2.75, 3.05) is 0 Å². The molecule has 0 aromatic carbocycles. The fourth-order valence-corrected chi connectivity index (χ4v) is 4.13. The molecule has 3 saturated carbocycles. The molecular formula is C12H22BNO2. The summed E-state index contributed by atoms with van der Waals surface area (Å²) in [6, 6.07) is 0. The van der Waals surface area contributed by atoms with Gasteiger partial charge in [-0.1, -0.05) is 20.8 Å². The van der Waals surface area contributed by atoms with Gasteiger partial charge in [-0.05, 0) is 37.0 Å². The van der Waals surface area contributed by atoms with E-state index in [0.717, 1.165) is 12.3 Å². The third-order valence-electron chi connectivity index (χ3n) is 5.40. The molecule has 3 nitrogen and oxygen atoms in total. The lowest BCUT2D eigenvalue weighted by Gasteiger charge is -2.64. The van der Waals surface area contributed by atoms with E-state index in [1.54, 1.807) is 0 Å². The molecule has 4 rings (SSSR count). The summed E-state index contributed by atoms with van der Waals surface area (Å²) in [6.45, 7) is 8.93. The second-order valence-electron chi connectivity index (χ2n) is 6.70. The predicted octanol–water partition coefficient (Wildman–Crippen LogP) is 1.60. The minimum atomic E-state index is -0.204. The van der Waals surface area contributed by atoms with Crippen LogP contribution in [0.2, 0.25) is 0 Å². The van der Waals surface area contributed by atoms with Crippen molar-refractivity contribution >= 4 is 7.12 Å². The molecule has 2 bridgehead atoms. The fourth-order valence-electron chi connectivity index (χ4n) is 4.13. The topological polar surface area (TPSA) is 44.5 Å². The zero-order chi connectivity index (χ0) is 11.7. The molecule has 0 spiro atoms. The van der Waals surface area contributed by atoms with Crippen molar-refractivity contribution in [3.05, 3.63) is 0 Å². The number of rotatable bonds is 1. The standard InChI is InChI=1S/C12H22BNO2/c1-7(14)13-15-10-6-8-5-9(11(8,2)3)12(10,4)16-13/h7-10H,5-6,14H2,1-4H3/t7-,8+,9+,10+,12+/m1/s1. The maximum Gasteiger partial charge on any atom is 0.475 e. The van der Waals surface area contributed by atoms with Crippen molar-refractivity contribution in [3.8, 4) is 0 Å². The Morgan fingerprint density at radius 3 is 2.56 bits per heavy atom. The van der Waals surface area contributed by atoms with Crippen LogP contribution in [0, 0.1) is 17.3 Å². The molecule has 5 atom stereocenters. The molecular weight excluding hydrogens is 201 g/mol. The van der Waals surface area contributed by atoms with Crippen molar-refractivity contribution in [2.24, 2.45) is 23.0 Å². The van der Waals surface area contributed by atoms with Crippen molar-refractivity contribution in [1.82, 2.24) is 0 Å². The largest absolute Gasteiger partial charge is 0.475 e. The summed E-state index contributed by atoms with van der Waals surface area (Å²) in [7, 11) is -0.204. The SMILES string of the molecule is C[C@@H](N)B1O[C@H]2C[C@@H]3C[C@@H](C3(C)C)[C@]2(C)O1. The van der Waals surface area contributed by atoms with Crippen molar-refractivity contribution in [1.29, 1.82) is 0 Å². The first-order chi connectivity index (χ1) is 7.35. The molecule has 4 aliphatic rings. The molecule has 0 aromatic rings. The van der Waals surface area contributed by atoms with Gasteiger partial charge in [0.1, 0.15) is 0 Å². The Morgan fingerprint density at radius 1 is 1.31 bits per heavy atom. The van der Waals surface area contributed by atoms with Crippen LogP contribution in [-0.4, -0.2) is 24.8 Å². The molecule has 3 aliphatic carbocycles. The Hall–Kier alpha value is -0.0551. The van der Waals surface area contributed by atoms with E-state index >= 15 is 0 Å². The van der Waals surface area contributed by atoms with E-state index in [1.165, 1.54) is 6.42 Å². The molecule has 16 heavy (non-hydrogen) atoms. The first-order valence-electron chi connectivity index (χ1n) is 6.44. The first-order valence-corrected chi connectivity index (χ1v) is 6.44. The fraction of sp³-hybridized carbons (Fsp3) is 1.00. The van der Waals surface area contributed by atoms with Gasteiger partial charge in [-0.3, -0.25) is 0 Å². The lowest BCUT2D eigenvalue weighted by Crippen LogP contribution is -2.65. The van der Waals surface area contributed by atoms with Crippen LogP contribution in [0.25, 0.3) is 0 Å². The van der Waals surface area contributed by atoms with Gasteiger partial charge in [-0.2, -0.15) is 0 Å². The van der Waals surface area contributed by atoms with Crippen LogP contribution in [0.5, 0.6) is 0 Å². The van der Waals surface area contributed by atoms with E-state index in [2.05, 4.69) is 20.8 Å². The van der Waals surface area contributed by atoms with E-state index in [9.17, 15) is 0 Å². The van der Waals surface area contributed by atoms with Crippen LogP contribution in [0.3, 0.4) is 0 Å². The molecule has 0 radical (unpaired) electrons. The molecule has 0 amide bonds. The lowest BCUT2D eigenvalue weighted by atomic mass is 9.43. The highest BCUT2D eigenvalue weighted by atomic mass is 16.7. The monoisotopic (exact) mass is 223 g/mol. The van der Waals surface area contributed by atoms with Crippen LogP contribution in [-0.2, 0) is 9.31 Å². The Balaban J connectivity index is 1.87. The summed E-state index contributed by atoms with van der Waals surface area (Å²) < 4.78 is 12.1. The Morgan fingerprint density at radius 2 is 2.00 bits per heavy atom. The number of hydrogen-bond acceptors (Lipinski definition) is 3. The van der Waals surface area contributed by atoms with E-state index in [4.69, 9.17) is 15.0 Å². The highest BCUT2D eigenvalue weighted by Gasteiger charge is 2.68. The second kappa shape index (κ2) is 3.03. The summed E-state index contributed by atoms with van der Waals surface area (Å²) in [5.74, 6) is 1.40. The number of hydrogen-bond donors (Lipinski definition) is 1. The summed E-state index contributed by atoms with van der Waals surface area (Å²) in [5, 5.41) is 0. The zero-order valence-electron chi connectivity index (χ0n) is 10.7. The van der Waals surface area contributed by atoms with Crippen molar-refractivity contribution < 1.29 is 9.31 Å². The van der Waals surface area contributed by atoms with E-state index < -0.39 is 0 Å². The predicted molar refractivity (Wildman–Crippen MR) is 63.8 cm³/mol. The average molecular weight is 223 g/mol. The van der Waals surface area contributed by atoms with Crippen LogP contribution >= 0.6 is 0 Å². The third kappa shape index (κ3) is 1.16. The Bertz CT molecular complexity index is 320. The summed E-state index contributed by atoms with van der Waals surface area (Å²) >= 11 is 0. The summed E-state index contributed by atoms with van der Waals surface area (Å²) in [5.41, 5.74) is 6.20. The van der Waals surface area contributed by atoms with Gasteiger partial charge in [0.15, 0.2) is 0 Å². The molecule has 4 fully saturated rings. The van der Waals surface area contributed by atoms with Crippen LogP contribution in [0.15, 0.2) is 0 Å². The molecule has 0 aromatic heterocycles. The normalized spacial score (nSPS) is 50.8. The van der Waals surface area contributed by atoms with Gasteiger partial charge in [0, 0.05) is 5.94 Å². The van der Waals surface area contributed by atoms with Gasteiger partial charge in [-0.15, -0.1) is 0 Å². The first kappa shape index (κ1) is 11.1. The highest BCUT2D eigenvalue weighted by molar-refractivity contribution is 6.47. The van der Waals surface area contributed by atoms with Gasteiger partial charge in [0.2, 0.25) is 0 Å². The lowest BCUT2D eigenvalue weighted by molar-refractivity contribution is -0.199. The molecule has 1 aliphatic heterocycles. The maximum absolute atomic E-state index is 6.15. The van der Waals surface area contributed by atoms with Gasteiger partial charge >= 0.3 is 7.12 Å². The molecule has 1 saturated heterocycles. The minimum Gasteiger partial charge on any atom is -0.404 e. The second-order valence-corrected chi connectivity index (χ2v) is 6.70. The van der Waals surface area contributed by atoms with E-state index in [-0.39, 0.29) is 24.8 Å². The Labute approximate surface area is 98.2 Å². The Kier molecular flexibility index (Phi) is 2.10. The van der Waals surface area contributed by atoms with Crippen LogP contribution < -0.4 is 5.73 Å². The van der Waals surface area contributed by atoms with Crippen LogP contribution in [0.4, 0.5) is 0 Å². The summed E-state index contributed by atoms with van der Waals surface area (Å²) in [6.07, 6.45) is 2.71. The molecule has 2 N–H and O–H groups in total. The third-order valence-corrected chi connectivity index (χ3v) is 5.40. The van der Waals surface area contributed by atoms with E-state index in [0.29, 0.717) is 11.3 Å². The van der Waals surface area contributed by atoms with Gasteiger partial charge in [0.25, 0.3) is 0 Å². The minimum absolute atomic E-state index is 0.0391. The van der Waals surface area contributed by atoms with Crippen molar-refractivity contribution in [3.63, 3.8) is 0 Å². The number of nitrogens with two attached hydrogens (primary N) is 1. The van der Waals surface area contributed by atoms with Gasteiger partial charge in [0.05, 0.1) is 11.7 Å². The highest BCUT2D eigenvalue weighted by Crippen LogP contribution is 2.65. The smallest absolute Gasteiger partial charge is 0.404 e.